The van der Waals surface area contributed by atoms with Crippen LogP contribution in [0.5, 0.6) is 5.75 Å². The molecule has 0 bridgehead atoms. The molecule has 1 aliphatic rings. The van der Waals surface area contributed by atoms with Crippen molar-refractivity contribution in [1.29, 1.82) is 0 Å². The molecule has 0 amide bonds. The Morgan fingerprint density at radius 2 is 1.73 bits per heavy atom. The molecule has 1 fully saturated rings. The molecule has 0 N–H and O–H groups in total. The molecule has 6 rings (SSSR count). The second-order valence-corrected chi connectivity index (χ2v) is 11.5. The van der Waals surface area contributed by atoms with Crippen molar-refractivity contribution in [2.75, 3.05) is 13.1 Å². The zero-order valence-electron chi connectivity index (χ0n) is 21.4. The Labute approximate surface area is 230 Å². The zero-order chi connectivity index (χ0) is 27.7. The highest BCUT2D eigenvalue weighted by atomic mass is 32.2. The van der Waals surface area contributed by atoms with Crippen molar-refractivity contribution < 1.29 is 22.4 Å². The lowest BCUT2D eigenvalue weighted by Crippen LogP contribution is -2.35. The van der Waals surface area contributed by atoms with Crippen LogP contribution in [0.3, 0.4) is 0 Å². The van der Waals surface area contributed by atoms with E-state index in [2.05, 4.69) is 5.10 Å². The van der Waals surface area contributed by atoms with Crippen LogP contribution < -0.4 is 10.2 Å². The fourth-order valence-electron chi connectivity index (χ4n) is 4.76. The van der Waals surface area contributed by atoms with Crippen molar-refractivity contribution >= 4 is 27.0 Å². The van der Waals surface area contributed by atoms with Gasteiger partial charge < -0.3 is 9.15 Å². The van der Waals surface area contributed by atoms with Crippen molar-refractivity contribution in [2.45, 2.75) is 24.2 Å². The van der Waals surface area contributed by atoms with Crippen LogP contribution in [0, 0.1) is 0 Å². The molecule has 3 aromatic carbocycles. The van der Waals surface area contributed by atoms with Crippen molar-refractivity contribution in [3.8, 4) is 22.6 Å². The minimum absolute atomic E-state index is 0.0523. The molecule has 0 unspecified atom stereocenters. The molecule has 0 radical (unpaired) electrons. The van der Waals surface area contributed by atoms with E-state index >= 15 is 0 Å². The summed E-state index contributed by atoms with van der Waals surface area (Å²) < 4.78 is 40.4. The predicted molar refractivity (Wildman–Crippen MR) is 149 cm³/mol. The molecule has 40 heavy (non-hydrogen) atoms. The SMILES string of the molecule is O=C(Oc1ccc2c(=O)c(-c3cnn(-c4ccccc4)c3)coc2c1)c1cccc(S(=O)(=O)N2CCCCC2)c1. The van der Waals surface area contributed by atoms with Gasteiger partial charge in [0.2, 0.25) is 15.5 Å². The molecular formula is C30H25N3O6S. The monoisotopic (exact) mass is 555 g/mol. The Hall–Kier alpha value is -4.54. The standard InChI is InChI=1S/C30H25N3O6S/c34-29-26-13-12-24(17-28(26)38-20-27(29)22-18-31-33(19-22)23-9-3-1-4-10-23)39-30(35)21-8-7-11-25(16-21)40(36,37)32-14-5-2-6-15-32/h1,3-4,7-13,16-20H,2,5-6,14-15H2. The highest BCUT2D eigenvalue weighted by Gasteiger charge is 2.26. The van der Waals surface area contributed by atoms with Gasteiger partial charge in [-0.1, -0.05) is 30.7 Å². The van der Waals surface area contributed by atoms with E-state index in [-0.39, 0.29) is 27.2 Å². The Kier molecular flexibility index (Phi) is 6.79. The summed E-state index contributed by atoms with van der Waals surface area (Å²) in [4.78, 5) is 26.2. The number of fused-ring (bicyclic) bond motifs is 1. The van der Waals surface area contributed by atoms with Crippen LogP contribution in [0.4, 0.5) is 0 Å². The molecular weight excluding hydrogens is 530 g/mol. The number of ether oxygens (including phenoxy) is 1. The molecule has 0 saturated carbocycles. The van der Waals surface area contributed by atoms with Gasteiger partial charge >= 0.3 is 5.97 Å². The van der Waals surface area contributed by atoms with Crippen molar-refractivity contribution in [3.05, 3.63) is 107 Å². The quantitative estimate of drug-likeness (QED) is 0.213. The Balaban J connectivity index is 1.23. The van der Waals surface area contributed by atoms with Crippen LogP contribution in [0.25, 0.3) is 27.8 Å². The van der Waals surface area contributed by atoms with Crippen LogP contribution in [0.2, 0.25) is 0 Å². The van der Waals surface area contributed by atoms with Crippen LogP contribution in [0.15, 0.2) is 106 Å². The van der Waals surface area contributed by atoms with E-state index in [9.17, 15) is 18.0 Å². The number of para-hydroxylation sites is 1. The van der Waals surface area contributed by atoms with Gasteiger partial charge in [0.25, 0.3) is 0 Å². The third kappa shape index (κ3) is 4.94. The van der Waals surface area contributed by atoms with Crippen LogP contribution >= 0.6 is 0 Å². The molecule has 5 aromatic rings. The largest absolute Gasteiger partial charge is 0.463 e. The molecule has 2 aromatic heterocycles. The highest BCUT2D eigenvalue weighted by molar-refractivity contribution is 7.89. The summed E-state index contributed by atoms with van der Waals surface area (Å²) in [7, 11) is -3.70. The third-order valence-corrected chi connectivity index (χ3v) is 8.79. The molecule has 0 atom stereocenters. The van der Waals surface area contributed by atoms with Gasteiger partial charge in [0.15, 0.2) is 0 Å². The van der Waals surface area contributed by atoms with E-state index in [0.717, 1.165) is 24.9 Å². The first kappa shape index (κ1) is 25.7. The number of hydrogen-bond acceptors (Lipinski definition) is 7. The maximum Gasteiger partial charge on any atom is 0.343 e. The molecule has 0 aliphatic carbocycles. The molecule has 10 heteroatoms. The predicted octanol–water partition coefficient (Wildman–Crippen LogP) is 5.04. The zero-order valence-corrected chi connectivity index (χ0v) is 22.2. The molecule has 0 spiro atoms. The topological polar surface area (TPSA) is 112 Å². The van der Waals surface area contributed by atoms with Gasteiger partial charge in [0.05, 0.1) is 33.3 Å². The maximum atomic E-state index is 13.2. The van der Waals surface area contributed by atoms with Crippen LogP contribution in [0.1, 0.15) is 29.6 Å². The van der Waals surface area contributed by atoms with Crippen LogP contribution in [-0.2, 0) is 10.0 Å². The van der Waals surface area contributed by atoms with Gasteiger partial charge in [-0.25, -0.2) is 17.9 Å². The molecule has 1 saturated heterocycles. The Morgan fingerprint density at radius 3 is 2.52 bits per heavy atom. The van der Waals surface area contributed by atoms with Crippen molar-refractivity contribution in [3.63, 3.8) is 0 Å². The molecule has 1 aliphatic heterocycles. The highest BCUT2D eigenvalue weighted by Crippen LogP contribution is 2.25. The number of aromatic nitrogens is 2. The summed E-state index contributed by atoms with van der Waals surface area (Å²) in [6.07, 6.45) is 7.35. The first-order valence-electron chi connectivity index (χ1n) is 12.9. The van der Waals surface area contributed by atoms with Gasteiger partial charge in [-0.15, -0.1) is 0 Å². The van der Waals surface area contributed by atoms with Crippen LogP contribution in [-0.4, -0.2) is 41.6 Å². The average Bonchev–Trinajstić information content (AvgIpc) is 3.48. The maximum absolute atomic E-state index is 13.2. The number of carbonyl (C=O) groups is 1. The molecule has 3 heterocycles. The summed E-state index contributed by atoms with van der Waals surface area (Å²) in [5.74, 6) is -0.558. The van der Waals surface area contributed by atoms with Gasteiger partial charge in [-0.2, -0.15) is 9.40 Å². The van der Waals surface area contributed by atoms with E-state index in [1.807, 2.05) is 30.3 Å². The summed E-state index contributed by atoms with van der Waals surface area (Å²) in [6.45, 7) is 0.937. The summed E-state index contributed by atoms with van der Waals surface area (Å²) in [6, 6.07) is 19.9. The minimum Gasteiger partial charge on any atom is -0.463 e. The number of sulfonamides is 1. The fraction of sp³-hybridized carbons (Fsp3) is 0.167. The Bertz CT molecular complexity index is 1870. The van der Waals surface area contributed by atoms with Crippen molar-refractivity contribution in [1.82, 2.24) is 14.1 Å². The number of benzene rings is 3. The van der Waals surface area contributed by atoms with E-state index in [4.69, 9.17) is 9.15 Å². The van der Waals surface area contributed by atoms with Gasteiger partial charge in [-0.05, 0) is 55.3 Å². The van der Waals surface area contributed by atoms with Gasteiger partial charge in [0.1, 0.15) is 17.6 Å². The van der Waals surface area contributed by atoms with E-state index in [1.54, 1.807) is 17.1 Å². The first-order valence-corrected chi connectivity index (χ1v) is 14.3. The third-order valence-electron chi connectivity index (χ3n) is 6.89. The fourth-order valence-corrected chi connectivity index (χ4v) is 6.32. The first-order chi connectivity index (χ1) is 19.4. The lowest BCUT2D eigenvalue weighted by molar-refractivity contribution is 0.0734. The summed E-state index contributed by atoms with van der Waals surface area (Å²) in [5.41, 5.74) is 1.92. The summed E-state index contributed by atoms with van der Waals surface area (Å²) in [5, 5.41) is 4.66. The number of nitrogens with zero attached hydrogens (tertiary/aromatic N) is 3. The second-order valence-electron chi connectivity index (χ2n) is 9.53. The van der Waals surface area contributed by atoms with E-state index < -0.39 is 16.0 Å². The normalized spacial score (nSPS) is 14.3. The second kappa shape index (κ2) is 10.6. The smallest absolute Gasteiger partial charge is 0.343 e. The number of hydrogen-bond donors (Lipinski definition) is 0. The lowest BCUT2D eigenvalue weighted by atomic mass is 10.1. The number of rotatable bonds is 6. The van der Waals surface area contributed by atoms with E-state index in [1.165, 1.54) is 53.0 Å². The minimum atomic E-state index is -3.70. The van der Waals surface area contributed by atoms with Gasteiger partial charge in [0, 0.05) is 30.9 Å². The molecule has 9 nitrogen and oxygen atoms in total. The number of esters is 1. The average molecular weight is 556 g/mol. The number of carbonyl (C=O) groups excluding carboxylic acids is 1. The Morgan fingerprint density at radius 1 is 0.925 bits per heavy atom. The lowest BCUT2D eigenvalue weighted by Gasteiger charge is -2.25. The van der Waals surface area contributed by atoms with Crippen molar-refractivity contribution in [2.24, 2.45) is 0 Å². The summed E-state index contributed by atoms with van der Waals surface area (Å²) >= 11 is 0. The number of piperidine rings is 1. The van der Waals surface area contributed by atoms with E-state index in [0.29, 0.717) is 29.6 Å². The van der Waals surface area contributed by atoms with Gasteiger partial charge in [-0.3, -0.25) is 4.79 Å². The molecule has 202 valence electrons.